The number of carbonyl (C=O) groups is 1. The largest absolute Gasteiger partial charge is 0.454 e. The van der Waals surface area contributed by atoms with E-state index in [1.54, 1.807) is 18.2 Å². The summed E-state index contributed by atoms with van der Waals surface area (Å²) in [5.41, 5.74) is 7.48. The van der Waals surface area contributed by atoms with E-state index in [2.05, 4.69) is 15.5 Å². The van der Waals surface area contributed by atoms with Crippen molar-refractivity contribution < 1.29 is 14.3 Å². The molecule has 1 aliphatic rings. The third-order valence-corrected chi connectivity index (χ3v) is 3.25. The van der Waals surface area contributed by atoms with Crippen molar-refractivity contribution >= 4 is 17.4 Å². The van der Waals surface area contributed by atoms with Gasteiger partial charge in [0.05, 0.1) is 5.56 Å². The Morgan fingerprint density at radius 1 is 1.33 bits per heavy atom. The number of rotatable bonds is 3. The predicted molar refractivity (Wildman–Crippen MR) is 77.6 cm³/mol. The summed E-state index contributed by atoms with van der Waals surface area (Å²) in [4.78, 5) is 12.3. The van der Waals surface area contributed by atoms with Crippen molar-refractivity contribution in [1.82, 2.24) is 10.2 Å². The number of fused-ring (bicyclic) bond motifs is 1. The van der Waals surface area contributed by atoms with Gasteiger partial charge < -0.3 is 20.5 Å². The Hall–Kier alpha value is -2.70. The second kappa shape index (κ2) is 5.01. The number of nitrogens with one attached hydrogen (secondary N) is 2. The molecule has 0 saturated heterocycles. The topological polar surface area (TPSA) is 102 Å². The van der Waals surface area contributed by atoms with Crippen LogP contribution in [0.1, 0.15) is 35.8 Å². The number of H-pyrrole nitrogens is 1. The van der Waals surface area contributed by atoms with Crippen LogP contribution < -0.4 is 20.5 Å². The van der Waals surface area contributed by atoms with Crippen molar-refractivity contribution in [2.75, 3.05) is 17.8 Å². The molecule has 2 heterocycles. The number of benzene rings is 1. The van der Waals surface area contributed by atoms with Crippen LogP contribution in [0.15, 0.2) is 18.2 Å². The highest BCUT2D eigenvalue weighted by molar-refractivity contribution is 6.07. The highest BCUT2D eigenvalue weighted by Crippen LogP contribution is 2.36. The fourth-order valence-electron chi connectivity index (χ4n) is 2.03. The first-order valence-electron chi connectivity index (χ1n) is 6.60. The van der Waals surface area contributed by atoms with E-state index in [4.69, 9.17) is 15.2 Å². The zero-order valence-electron chi connectivity index (χ0n) is 11.8. The SMILES string of the molecule is CC(C)c1cc(NC(=O)c2cc3c(cc2N)OCO3)n[nH]1. The van der Waals surface area contributed by atoms with E-state index in [1.807, 2.05) is 13.8 Å². The van der Waals surface area contributed by atoms with Crippen molar-refractivity contribution in [2.45, 2.75) is 19.8 Å². The van der Waals surface area contributed by atoms with Gasteiger partial charge in [0, 0.05) is 23.5 Å². The summed E-state index contributed by atoms with van der Waals surface area (Å²) in [5, 5.41) is 9.64. The maximum atomic E-state index is 12.3. The molecule has 0 saturated carbocycles. The van der Waals surface area contributed by atoms with Crippen LogP contribution in [0, 0.1) is 0 Å². The smallest absolute Gasteiger partial charge is 0.259 e. The molecular formula is C14H16N4O3. The summed E-state index contributed by atoms with van der Waals surface area (Å²) < 4.78 is 10.5. The zero-order valence-corrected chi connectivity index (χ0v) is 11.8. The molecule has 0 radical (unpaired) electrons. The lowest BCUT2D eigenvalue weighted by molar-refractivity contribution is 0.102. The fourth-order valence-corrected chi connectivity index (χ4v) is 2.03. The Labute approximate surface area is 121 Å². The van der Waals surface area contributed by atoms with Gasteiger partial charge in [-0.2, -0.15) is 5.10 Å². The van der Waals surface area contributed by atoms with Crippen molar-refractivity contribution in [2.24, 2.45) is 0 Å². The number of aromatic nitrogens is 2. The van der Waals surface area contributed by atoms with Gasteiger partial charge in [-0.05, 0) is 12.0 Å². The van der Waals surface area contributed by atoms with Crippen molar-refractivity contribution in [1.29, 1.82) is 0 Å². The third-order valence-electron chi connectivity index (χ3n) is 3.25. The number of hydrogen-bond acceptors (Lipinski definition) is 5. The lowest BCUT2D eigenvalue weighted by atomic mass is 10.1. The number of amides is 1. The first kappa shape index (κ1) is 13.3. The summed E-state index contributed by atoms with van der Waals surface area (Å²) in [6, 6.07) is 4.95. The molecule has 0 fully saturated rings. The van der Waals surface area contributed by atoms with E-state index in [1.165, 1.54) is 0 Å². The standard InChI is InChI=1S/C14H16N4O3/c1-7(2)10-5-13(18-17-10)16-14(19)8-3-11-12(4-9(8)15)21-6-20-11/h3-5,7H,6,15H2,1-2H3,(H2,16,17,18,19). The number of nitrogens with two attached hydrogens (primary N) is 1. The highest BCUT2D eigenvalue weighted by Gasteiger charge is 2.20. The summed E-state index contributed by atoms with van der Waals surface area (Å²) in [7, 11) is 0. The normalized spacial score (nSPS) is 12.7. The molecule has 1 amide bonds. The van der Waals surface area contributed by atoms with Gasteiger partial charge in [-0.1, -0.05) is 13.8 Å². The quantitative estimate of drug-likeness (QED) is 0.750. The van der Waals surface area contributed by atoms with Crippen molar-refractivity contribution in [3.8, 4) is 11.5 Å². The average molecular weight is 288 g/mol. The van der Waals surface area contributed by atoms with Gasteiger partial charge >= 0.3 is 0 Å². The molecule has 1 aliphatic heterocycles. The van der Waals surface area contributed by atoms with Gasteiger partial charge in [-0.15, -0.1) is 0 Å². The minimum atomic E-state index is -0.340. The minimum Gasteiger partial charge on any atom is -0.454 e. The maximum Gasteiger partial charge on any atom is 0.259 e. The highest BCUT2D eigenvalue weighted by atomic mass is 16.7. The van der Waals surface area contributed by atoms with Crippen LogP contribution >= 0.6 is 0 Å². The predicted octanol–water partition coefficient (Wildman–Crippen LogP) is 2.10. The number of ether oxygens (including phenoxy) is 2. The van der Waals surface area contributed by atoms with Gasteiger partial charge in [0.25, 0.3) is 5.91 Å². The first-order chi connectivity index (χ1) is 10.0. The Morgan fingerprint density at radius 3 is 2.71 bits per heavy atom. The summed E-state index contributed by atoms with van der Waals surface area (Å²) in [6.07, 6.45) is 0. The monoisotopic (exact) mass is 288 g/mol. The fraction of sp³-hybridized carbons (Fsp3) is 0.286. The number of nitrogen functional groups attached to an aromatic ring is 1. The van der Waals surface area contributed by atoms with Crippen molar-refractivity contribution in [3.05, 3.63) is 29.5 Å². The number of hydrogen-bond donors (Lipinski definition) is 3. The zero-order chi connectivity index (χ0) is 15.0. The van der Waals surface area contributed by atoms with E-state index < -0.39 is 0 Å². The van der Waals surface area contributed by atoms with Crippen LogP contribution in [-0.2, 0) is 0 Å². The maximum absolute atomic E-state index is 12.3. The minimum absolute atomic E-state index is 0.136. The Bertz CT molecular complexity index is 694. The summed E-state index contributed by atoms with van der Waals surface area (Å²) >= 11 is 0. The molecule has 0 unspecified atom stereocenters. The van der Waals surface area contributed by atoms with Crippen LogP contribution in [0.4, 0.5) is 11.5 Å². The van der Waals surface area contributed by atoms with Gasteiger partial charge in [0.15, 0.2) is 17.3 Å². The van der Waals surface area contributed by atoms with Crippen molar-refractivity contribution in [3.63, 3.8) is 0 Å². The van der Waals surface area contributed by atoms with E-state index in [0.717, 1.165) is 5.69 Å². The van der Waals surface area contributed by atoms with E-state index >= 15 is 0 Å². The first-order valence-corrected chi connectivity index (χ1v) is 6.60. The third kappa shape index (κ3) is 2.49. The molecule has 7 nitrogen and oxygen atoms in total. The Morgan fingerprint density at radius 2 is 2.05 bits per heavy atom. The van der Waals surface area contributed by atoms with Gasteiger partial charge in [-0.3, -0.25) is 9.89 Å². The molecule has 0 aliphatic carbocycles. The van der Waals surface area contributed by atoms with E-state index in [-0.39, 0.29) is 12.7 Å². The van der Waals surface area contributed by atoms with Gasteiger partial charge in [0.2, 0.25) is 6.79 Å². The molecule has 2 aromatic rings. The number of nitrogens with zero attached hydrogens (tertiary/aromatic N) is 1. The number of anilines is 2. The molecule has 3 rings (SSSR count). The lowest BCUT2D eigenvalue weighted by Crippen LogP contribution is -2.14. The molecule has 21 heavy (non-hydrogen) atoms. The molecule has 4 N–H and O–H groups in total. The molecule has 0 atom stereocenters. The second-order valence-electron chi connectivity index (χ2n) is 5.11. The molecule has 0 bridgehead atoms. The Kier molecular flexibility index (Phi) is 3.17. The van der Waals surface area contributed by atoms with Crippen LogP contribution in [0.2, 0.25) is 0 Å². The lowest BCUT2D eigenvalue weighted by Gasteiger charge is -2.06. The van der Waals surface area contributed by atoms with Crippen LogP contribution in [-0.4, -0.2) is 22.9 Å². The number of carbonyl (C=O) groups excluding carboxylic acids is 1. The van der Waals surface area contributed by atoms with E-state index in [9.17, 15) is 4.79 Å². The van der Waals surface area contributed by atoms with Crippen LogP contribution in [0.3, 0.4) is 0 Å². The summed E-state index contributed by atoms with van der Waals surface area (Å²) in [6.45, 7) is 4.21. The molecule has 0 spiro atoms. The van der Waals surface area contributed by atoms with Gasteiger partial charge in [0.1, 0.15) is 0 Å². The molecule has 1 aromatic carbocycles. The van der Waals surface area contributed by atoms with Gasteiger partial charge in [-0.25, -0.2) is 0 Å². The molecule has 7 heteroatoms. The molecule has 1 aromatic heterocycles. The number of aromatic amines is 1. The average Bonchev–Trinajstić information content (AvgIpc) is 3.05. The molecule has 110 valence electrons. The van der Waals surface area contributed by atoms with E-state index in [0.29, 0.717) is 34.5 Å². The van der Waals surface area contributed by atoms with Crippen LogP contribution in [0.25, 0.3) is 0 Å². The summed E-state index contributed by atoms with van der Waals surface area (Å²) in [5.74, 6) is 1.48. The second-order valence-corrected chi connectivity index (χ2v) is 5.11. The Balaban J connectivity index is 1.82. The van der Waals surface area contributed by atoms with Crippen LogP contribution in [0.5, 0.6) is 11.5 Å². The molecular weight excluding hydrogens is 272 g/mol.